The molecule has 1 aliphatic carbocycles. The second kappa shape index (κ2) is 7.20. The molecular formula is C13H21ClN4O3. The Morgan fingerprint density at radius 1 is 1.62 bits per heavy atom. The molecule has 0 aromatic carbocycles. The third kappa shape index (κ3) is 3.72. The fraction of sp³-hybridized carbons (Fsp3) is 0.769. The zero-order valence-electron chi connectivity index (χ0n) is 12.4. The summed E-state index contributed by atoms with van der Waals surface area (Å²) in [4.78, 5) is 12.6. The van der Waals surface area contributed by atoms with Gasteiger partial charge >= 0.3 is 5.69 Å². The Balaban J connectivity index is 1.94. The third-order valence-corrected chi connectivity index (χ3v) is 4.42. The van der Waals surface area contributed by atoms with Crippen LogP contribution in [-0.2, 0) is 4.74 Å². The minimum atomic E-state index is -0.494. The first-order valence-electron chi connectivity index (χ1n) is 7.20. The molecule has 1 aromatic heterocycles. The van der Waals surface area contributed by atoms with E-state index < -0.39 is 4.92 Å². The van der Waals surface area contributed by atoms with E-state index >= 15 is 0 Å². The lowest BCUT2D eigenvalue weighted by Gasteiger charge is -2.24. The van der Waals surface area contributed by atoms with Crippen LogP contribution in [0.5, 0.6) is 0 Å². The van der Waals surface area contributed by atoms with Crippen LogP contribution in [0.1, 0.15) is 32.2 Å². The van der Waals surface area contributed by atoms with Gasteiger partial charge in [-0.05, 0) is 33.2 Å². The minimum absolute atomic E-state index is 0.121. The van der Waals surface area contributed by atoms with Crippen molar-refractivity contribution in [1.29, 1.82) is 0 Å². The molecule has 0 spiro atoms. The van der Waals surface area contributed by atoms with Crippen LogP contribution in [0.3, 0.4) is 0 Å². The molecule has 118 valence electrons. The summed E-state index contributed by atoms with van der Waals surface area (Å²) in [5.74, 6) is 0. The van der Waals surface area contributed by atoms with Crippen LogP contribution in [0, 0.1) is 10.1 Å². The molecule has 1 heterocycles. The number of rotatable bonds is 7. The summed E-state index contributed by atoms with van der Waals surface area (Å²) in [6, 6.07) is 0.570. The Hall–Kier alpha value is -1.18. The van der Waals surface area contributed by atoms with Crippen molar-refractivity contribution < 1.29 is 9.66 Å². The summed E-state index contributed by atoms with van der Waals surface area (Å²) in [6.07, 6.45) is 4.11. The van der Waals surface area contributed by atoms with E-state index in [1.165, 1.54) is 6.20 Å². The van der Waals surface area contributed by atoms with E-state index in [4.69, 9.17) is 16.3 Å². The number of nitro groups is 1. The summed E-state index contributed by atoms with van der Waals surface area (Å²) >= 11 is 6.05. The van der Waals surface area contributed by atoms with Gasteiger partial charge in [0.25, 0.3) is 0 Å². The van der Waals surface area contributed by atoms with Gasteiger partial charge in [0, 0.05) is 19.2 Å². The maximum Gasteiger partial charge on any atom is 0.325 e. The molecule has 0 saturated heterocycles. The third-order valence-electron chi connectivity index (χ3n) is 4.05. The van der Waals surface area contributed by atoms with Crippen molar-refractivity contribution in [2.24, 2.45) is 0 Å². The highest BCUT2D eigenvalue weighted by Gasteiger charge is 2.32. The average Bonchev–Trinajstić information content (AvgIpc) is 3.05. The van der Waals surface area contributed by atoms with Crippen molar-refractivity contribution in [3.8, 4) is 0 Å². The molecule has 0 amide bonds. The molecule has 2 unspecified atom stereocenters. The van der Waals surface area contributed by atoms with E-state index in [0.717, 1.165) is 39.0 Å². The maximum atomic E-state index is 10.8. The standard InChI is InChI=1S/C13H21ClN4O3/c1-3-21-7-6-16(2)10-4-5-11(8-10)17-13(14)12(9-15-17)18(19)20/h9-11H,3-8H2,1-2H3. The first-order chi connectivity index (χ1) is 10.0. The zero-order valence-corrected chi connectivity index (χ0v) is 13.1. The molecule has 2 rings (SSSR count). The summed E-state index contributed by atoms with van der Waals surface area (Å²) in [5.41, 5.74) is -0.121. The predicted octanol–water partition coefficient (Wildman–Crippen LogP) is 2.51. The smallest absolute Gasteiger partial charge is 0.325 e. The highest BCUT2D eigenvalue weighted by molar-refractivity contribution is 6.31. The average molecular weight is 317 g/mol. The first kappa shape index (κ1) is 16.2. The van der Waals surface area contributed by atoms with Crippen molar-refractivity contribution in [3.05, 3.63) is 21.5 Å². The van der Waals surface area contributed by atoms with Gasteiger partial charge in [-0.1, -0.05) is 11.6 Å². The number of hydrogen-bond acceptors (Lipinski definition) is 5. The summed E-state index contributed by atoms with van der Waals surface area (Å²) in [6.45, 7) is 4.33. The van der Waals surface area contributed by atoms with Crippen molar-refractivity contribution in [3.63, 3.8) is 0 Å². The minimum Gasteiger partial charge on any atom is -0.380 e. The van der Waals surface area contributed by atoms with Gasteiger partial charge in [0.05, 0.1) is 17.6 Å². The van der Waals surface area contributed by atoms with E-state index in [2.05, 4.69) is 17.0 Å². The fourth-order valence-corrected chi connectivity index (χ4v) is 3.11. The second-order valence-corrected chi connectivity index (χ2v) is 5.68. The molecule has 1 fully saturated rings. The summed E-state index contributed by atoms with van der Waals surface area (Å²) in [7, 11) is 2.08. The number of hydrogen-bond donors (Lipinski definition) is 0. The van der Waals surface area contributed by atoms with Gasteiger partial charge in [-0.25, -0.2) is 4.68 Å². The number of likely N-dealkylation sites (N-methyl/N-ethyl adjacent to an activating group) is 1. The normalized spacial score (nSPS) is 22.1. The number of nitrogens with zero attached hydrogens (tertiary/aromatic N) is 4. The molecule has 7 nitrogen and oxygen atoms in total. The maximum absolute atomic E-state index is 10.8. The van der Waals surface area contributed by atoms with Crippen LogP contribution < -0.4 is 0 Å². The van der Waals surface area contributed by atoms with E-state index in [-0.39, 0.29) is 16.9 Å². The number of aromatic nitrogens is 2. The molecule has 21 heavy (non-hydrogen) atoms. The first-order valence-corrected chi connectivity index (χ1v) is 7.57. The van der Waals surface area contributed by atoms with Gasteiger partial charge in [-0.15, -0.1) is 0 Å². The Morgan fingerprint density at radius 2 is 2.38 bits per heavy atom. The molecule has 0 bridgehead atoms. The number of ether oxygens (including phenoxy) is 1. The quantitative estimate of drug-likeness (QED) is 0.439. The highest BCUT2D eigenvalue weighted by atomic mass is 35.5. The highest BCUT2D eigenvalue weighted by Crippen LogP contribution is 2.36. The van der Waals surface area contributed by atoms with Crippen LogP contribution in [0.15, 0.2) is 6.20 Å². The van der Waals surface area contributed by atoms with Gasteiger partial charge < -0.3 is 9.64 Å². The lowest BCUT2D eigenvalue weighted by atomic mass is 10.2. The lowest BCUT2D eigenvalue weighted by molar-refractivity contribution is -0.384. The Bertz CT molecular complexity index is 494. The molecule has 0 N–H and O–H groups in total. The van der Waals surface area contributed by atoms with Gasteiger partial charge in [0.1, 0.15) is 6.20 Å². The van der Waals surface area contributed by atoms with Crippen LogP contribution in [-0.4, -0.2) is 52.5 Å². The second-order valence-electron chi connectivity index (χ2n) is 5.32. The van der Waals surface area contributed by atoms with Gasteiger partial charge in [-0.2, -0.15) is 5.10 Å². The molecule has 2 atom stereocenters. The van der Waals surface area contributed by atoms with Crippen molar-refractivity contribution in [2.45, 2.75) is 38.3 Å². The lowest BCUT2D eigenvalue weighted by Crippen LogP contribution is -2.32. The Kier molecular flexibility index (Phi) is 5.55. The topological polar surface area (TPSA) is 73.4 Å². The van der Waals surface area contributed by atoms with Gasteiger partial charge in [0.15, 0.2) is 0 Å². The van der Waals surface area contributed by atoms with E-state index in [0.29, 0.717) is 6.04 Å². The molecule has 0 aliphatic heterocycles. The molecule has 1 saturated carbocycles. The molecule has 0 radical (unpaired) electrons. The van der Waals surface area contributed by atoms with Gasteiger partial charge in [0.2, 0.25) is 5.15 Å². The van der Waals surface area contributed by atoms with Crippen LogP contribution in [0.4, 0.5) is 5.69 Å². The summed E-state index contributed by atoms with van der Waals surface area (Å²) in [5, 5.41) is 15.0. The fourth-order valence-electron chi connectivity index (χ4n) is 2.81. The van der Waals surface area contributed by atoms with Crippen LogP contribution in [0.2, 0.25) is 5.15 Å². The molecule has 1 aromatic rings. The largest absolute Gasteiger partial charge is 0.380 e. The molecule has 1 aliphatic rings. The Labute approximate surface area is 129 Å². The van der Waals surface area contributed by atoms with Crippen molar-refractivity contribution >= 4 is 17.3 Å². The SMILES string of the molecule is CCOCCN(C)C1CCC(n2ncc([N+](=O)[O-])c2Cl)C1. The van der Waals surface area contributed by atoms with Crippen LogP contribution >= 0.6 is 11.6 Å². The monoisotopic (exact) mass is 316 g/mol. The van der Waals surface area contributed by atoms with E-state index in [1.807, 2.05) is 6.92 Å². The van der Waals surface area contributed by atoms with Crippen molar-refractivity contribution in [2.75, 3.05) is 26.8 Å². The van der Waals surface area contributed by atoms with Gasteiger partial charge in [-0.3, -0.25) is 10.1 Å². The number of halogens is 1. The van der Waals surface area contributed by atoms with Crippen LogP contribution in [0.25, 0.3) is 0 Å². The molecule has 8 heteroatoms. The molecular weight excluding hydrogens is 296 g/mol. The predicted molar refractivity (Wildman–Crippen MR) is 79.7 cm³/mol. The van der Waals surface area contributed by atoms with Crippen molar-refractivity contribution in [1.82, 2.24) is 14.7 Å². The zero-order chi connectivity index (χ0) is 15.4. The van der Waals surface area contributed by atoms with E-state index in [1.54, 1.807) is 4.68 Å². The Morgan fingerprint density at radius 3 is 3.00 bits per heavy atom. The van der Waals surface area contributed by atoms with E-state index in [9.17, 15) is 10.1 Å². The summed E-state index contributed by atoms with van der Waals surface area (Å²) < 4.78 is 6.96.